The number of fused-ring (bicyclic) bond motifs is 1. The Morgan fingerprint density at radius 3 is 2.56 bits per heavy atom. The second-order valence-electron chi connectivity index (χ2n) is 9.11. The van der Waals surface area contributed by atoms with E-state index < -0.39 is 0 Å². The van der Waals surface area contributed by atoms with E-state index in [0.717, 1.165) is 72.4 Å². The lowest BCUT2D eigenvalue weighted by atomic mass is 10.1. The number of pyridine rings is 1. The number of carbonyl (C=O) groups is 1. The second-order valence-corrected chi connectivity index (χ2v) is 9.55. The Kier molecular flexibility index (Phi) is 6.50. The molecule has 1 saturated carbocycles. The van der Waals surface area contributed by atoms with Crippen molar-refractivity contribution in [1.29, 1.82) is 0 Å². The number of hydrogen-bond donors (Lipinski definition) is 0. The SMILES string of the molecule is COc1ccc(OC)c(CC(=O)N(Cc2cc3ccc(Cl)cc3nc2N2CCCC2)C2CC2)c1. The van der Waals surface area contributed by atoms with Crippen LogP contribution in [0.4, 0.5) is 5.82 Å². The van der Waals surface area contributed by atoms with E-state index in [4.69, 9.17) is 26.1 Å². The van der Waals surface area contributed by atoms with Crippen LogP contribution in [0.3, 0.4) is 0 Å². The van der Waals surface area contributed by atoms with Crippen LogP contribution in [-0.4, -0.2) is 49.1 Å². The molecule has 1 aliphatic carbocycles. The molecular formula is C27H30ClN3O3. The van der Waals surface area contributed by atoms with Crippen molar-refractivity contribution in [3.8, 4) is 11.5 Å². The Bertz CT molecular complexity index is 1210. The minimum absolute atomic E-state index is 0.0950. The van der Waals surface area contributed by atoms with Gasteiger partial charge in [0.1, 0.15) is 17.3 Å². The summed E-state index contributed by atoms with van der Waals surface area (Å²) < 4.78 is 10.9. The van der Waals surface area contributed by atoms with Crippen LogP contribution in [0.2, 0.25) is 5.02 Å². The Morgan fingerprint density at radius 1 is 1.06 bits per heavy atom. The molecule has 1 aromatic heterocycles. The van der Waals surface area contributed by atoms with Crippen LogP contribution in [0.25, 0.3) is 10.9 Å². The number of methoxy groups -OCH3 is 2. The fourth-order valence-electron chi connectivity index (χ4n) is 4.77. The summed E-state index contributed by atoms with van der Waals surface area (Å²) in [5.41, 5.74) is 2.82. The lowest BCUT2D eigenvalue weighted by molar-refractivity contribution is -0.131. The number of carbonyl (C=O) groups excluding carboxylic acids is 1. The fourth-order valence-corrected chi connectivity index (χ4v) is 4.93. The summed E-state index contributed by atoms with van der Waals surface area (Å²) in [7, 11) is 3.26. The van der Waals surface area contributed by atoms with Crippen LogP contribution < -0.4 is 14.4 Å². The maximum atomic E-state index is 13.6. The van der Waals surface area contributed by atoms with Crippen molar-refractivity contribution in [2.75, 3.05) is 32.2 Å². The van der Waals surface area contributed by atoms with Crippen LogP contribution >= 0.6 is 11.6 Å². The molecule has 0 atom stereocenters. The Morgan fingerprint density at radius 2 is 1.85 bits per heavy atom. The quantitative estimate of drug-likeness (QED) is 0.442. The number of halogens is 1. The molecule has 6 nitrogen and oxygen atoms in total. The monoisotopic (exact) mass is 479 g/mol. The largest absolute Gasteiger partial charge is 0.497 e. The van der Waals surface area contributed by atoms with E-state index in [0.29, 0.717) is 17.3 Å². The van der Waals surface area contributed by atoms with Gasteiger partial charge in [-0.2, -0.15) is 0 Å². The van der Waals surface area contributed by atoms with Gasteiger partial charge in [0, 0.05) is 47.2 Å². The normalized spacial score (nSPS) is 15.6. The molecule has 7 heteroatoms. The summed E-state index contributed by atoms with van der Waals surface area (Å²) >= 11 is 6.24. The zero-order valence-electron chi connectivity index (χ0n) is 19.7. The fraction of sp³-hybridized carbons (Fsp3) is 0.407. The minimum Gasteiger partial charge on any atom is -0.497 e. The predicted molar refractivity (Wildman–Crippen MR) is 135 cm³/mol. The number of aromatic nitrogens is 1. The van der Waals surface area contributed by atoms with E-state index in [-0.39, 0.29) is 18.4 Å². The van der Waals surface area contributed by atoms with E-state index in [9.17, 15) is 4.79 Å². The third-order valence-electron chi connectivity index (χ3n) is 6.72. The van der Waals surface area contributed by atoms with Gasteiger partial charge in [-0.3, -0.25) is 4.79 Å². The molecular weight excluding hydrogens is 450 g/mol. The van der Waals surface area contributed by atoms with Crippen LogP contribution in [0.1, 0.15) is 36.8 Å². The molecule has 1 aliphatic heterocycles. The minimum atomic E-state index is 0.0950. The van der Waals surface area contributed by atoms with Gasteiger partial charge in [0.25, 0.3) is 0 Å². The highest BCUT2D eigenvalue weighted by Crippen LogP contribution is 2.34. The highest BCUT2D eigenvalue weighted by atomic mass is 35.5. The van der Waals surface area contributed by atoms with Crippen molar-refractivity contribution in [3.05, 3.63) is 58.6 Å². The first kappa shape index (κ1) is 22.8. The molecule has 2 fully saturated rings. The molecule has 1 amide bonds. The molecule has 5 rings (SSSR count). The highest BCUT2D eigenvalue weighted by molar-refractivity contribution is 6.31. The highest BCUT2D eigenvalue weighted by Gasteiger charge is 2.34. The predicted octanol–water partition coefficient (Wildman–Crippen LogP) is 5.24. The summed E-state index contributed by atoms with van der Waals surface area (Å²) in [6.45, 7) is 2.53. The summed E-state index contributed by atoms with van der Waals surface area (Å²) in [6.07, 6.45) is 4.67. The molecule has 178 valence electrons. The van der Waals surface area contributed by atoms with E-state index in [2.05, 4.69) is 11.0 Å². The van der Waals surface area contributed by atoms with Crippen LogP contribution in [0.15, 0.2) is 42.5 Å². The molecule has 0 radical (unpaired) electrons. The van der Waals surface area contributed by atoms with Crippen LogP contribution in [0.5, 0.6) is 11.5 Å². The standard InChI is InChI=1S/C27H30ClN3O3/c1-33-23-9-10-25(34-2)19(14-23)15-26(32)31(22-7-8-22)17-20-13-18-5-6-21(28)16-24(18)29-27(20)30-11-3-4-12-30/h5-6,9-10,13-14,16,22H,3-4,7-8,11-12,15,17H2,1-2H3. The average molecular weight is 480 g/mol. The number of benzene rings is 2. The third kappa shape index (κ3) is 4.78. The van der Waals surface area contributed by atoms with Crippen molar-refractivity contribution in [1.82, 2.24) is 9.88 Å². The van der Waals surface area contributed by atoms with E-state index in [1.54, 1.807) is 14.2 Å². The summed E-state index contributed by atoms with van der Waals surface area (Å²) in [5, 5.41) is 1.72. The molecule has 34 heavy (non-hydrogen) atoms. The van der Waals surface area contributed by atoms with Gasteiger partial charge in [0.2, 0.25) is 5.91 Å². The van der Waals surface area contributed by atoms with Gasteiger partial charge in [-0.15, -0.1) is 0 Å². The average Bonchev–Trinajstić information content (AvgIpc) is 3.54. The van der Waals surface area contributed by atoms with Crippen LogP contribution in [-0.2, 0) is 17.8 Å². The van der Waals surface area contributed by atoms with Gasteiger partial charge in [0.15, 0.2) is 0 Å². The molecule has 0 unspecified atom stereocenters. The lowest BCUT2D eigenvalue weighted by Gasteiger charge is -2.27. The Labute approximate surface area is 205 Å². The van der Waals surface area contributed by atoms with Gasteiger partial charge in [-0.05, 0) is 62.1 Å². The molecule has 0 N–H and O–H groups in total. The van der Waals surface area contributed by atoms with Crippen molar-refractivity contribution >= 4 is 34.2 Å². The van der Waals surface area contributed by atoms with Crippen molar-refractivity contribution in [2.24, 2.45) is 0 Å². The number of nitrogens with zero attached hydrogens (tertiary/aromatic N) is 3. The Balaban J connectivity index is 1.46. The van der Waals surface area contributed by atoms with Crippen LogP contribution in [0, 0.1) is 0 Å². The van der Waals surface area contributed by atoms with Crippen molar-refractivity contribution in [3.63, 3.8) is 0 Å². The molecule has 3 aromatic rings. The lowest BCUT2D eigenvalue weighted by Crippen LogP contribution is -2.35. The third-order valence-corrected chi connectivity index (χ3v) is 6.95. The first-order chi connectivity index (χ1) is 16.6. The van der Waals surface area contributed by atoms with Gasteiger partial charge in [-0.25, -0.2) is 4.98 Å². The summed E-state index contributed by atoms with van der Waals surface area (Å²) in [5.74, 6) is 2.49. The first-order valence-electron chi connectivity index (χ1n) is 11.9. The van der Waals surface area contributed by atoms with Crippen molar-refractivity contribution < 1.29 is 14.3 Å². The smallest absolute Gasteiger partial charge is 0.227 e. The van der Waals surface area contributed by atoms with Gasteiger partial charge < -0.3 is 19.3 Å². The number of amides is 1. The Hall–Kier alpha value is -2.99. The maximum absolute atomic E-state index is 13.6. The molecule has 2 aliphatic rings. The number of rotatable bonds is 8. The zero-order chi connectivity index (χ0) is 23.7. The molecule has 1 saturated heterocycles. The molecule has 2 heterocycles. The zero-order valence-corrected chi connectivity index (χ0v) is 20.5. The van der Waals surface area contributed by atoms with E-state index >= 15 is 0 Å². The first-order valence-corrected chi connectivity index (χ1v) is 12.3. The number of anilines is 1. The molecule has 2 aromatic carbocycles. The van der Waals surface area contributed by atoms with Gasteiger partial charge in [-0.1, -0.05) is 17.7 Å². The summed E-state index contributed by atoms with van der Waals surface area (Å²) in [4.78, 5) is 23.0. The second kappa shape index (κ2) is 9.71. The number of hydrogen-bond acceptors (Lipinski definition) is 5. The van der Waals surface area contributed by atoms with Crippen molar-refractivity contribution in [2.45, 2.75) is 44.7 Å². The van der Waals surface area contributed by atoms with Gasteiger partial charge in [0.05, 0.1) is 26.2 Å². The maximum Gasteiger partial charge on any atom is 0.227 e. The topological polar surface area (TPSA) is 54.9 Å². The van der Waals surface area contributed by atoms with Gasteiger partial charge >= 0.3 is 0 Å². The van der Waals surface area contributed by atoms with E-state index in [1.807, 2.05) is 41.3 Å². The molecule has 0 bridgehead atoms. The molecule has 0 spiro atoms. The van der Waals surface area contributed by atoms with E-state index in [1.165, 1.54) is 0 Å². The summed E-state index contributed by atoms with van der Waals surface area (Å²) in [6, 6.07) is 13.9. The number of ether oxygens (including phenoxy) is 2.